The summed E-state index contributed by atoms with van der Waals surface area (Å²) in [5, 5.41) is 0. The second kappa shape index (κ2) is 7.87. The first-order valence-electron chi connectivity index (χ1n) is 5.98. The van der Waals surface area contributed by atoms with Gasteiger partial charge in [-0.15, -0.1) is 0 Å². The van der Waals surface area contributed by atoms with Gasteiger partial charge >= 0.3 is 11.9 Å². The largest absolute Gasteiger partial charge is 0.461 e. The molecule has 0 fully saturated rings. The topological polar surface area (TPSA) is 52.6 Å². The first-order chi connectivity index (χ1) is 7.97. The average Bonchev–Trinajstić information content (AvgIpc) is 2.27. The summed E-state index contributed by atoms with van der Waals surface area (Å²) in [7, 11) is 0. The van der Waals surface area contributed by atoms with Crippen molar-refractivity contribution in [1.82, 2.24) is 0 Å². The molecule has 1 atom stereocenters. The molecule has 4 nitrogen and oxygen atoms in total. The van der Waals surface area contributed by atoms with Gasteiger partial charge in [0.25, 0.3) is 0 Å². The highest BCUT2D eigenvalue weighted by Crippen LogP contribution is 2.14. The Hall–Kier alpha value is -1.32. The minimum absolute atomic E-state index is 0.0186. The van der Waals surface area contributed by atoms with Crippen molar-refractivity contribution in [3.05, 3.63) is 12.7 Å². The molecule has 0 heterocycles. The lowest BCUT2D eigenvalue weighted by atomic mass is 10.1. The zero-order chi connectivity index (χ0) is 13.3. The van der Waals surface area contributed by atoms with Crippen molar-refractivity contribution in [3.63, 3.8) is 0 Å². The molecule has 0 rings (SSSR count). The Balaban J connectivity index is 4.22. The maximum absolute atomic E-state index is 11.4. The van der Waals surface area contributed by atoms with Gasteiger partial charge in [-0.1, -0.05) is 20.4 Å². The molecule has 1 unspecified atom stereocenters. The molecule has 0 aromatic rings. The Labute approximate surface area is 103 Å². The minimum atomic E-state index is -0.935. The van der Waals surface area contributed by atoms with E-state index in [4.69, 9.17) is 9.47 Å². The van der Waals surface area contributed by atoms with Gasteiger partial charge < -0.3 is 9.47 Å². The predicted molar refractivity (Wildman–Crippen MR) is 65.5 cm³/mol. The van der Waals surface area contributed by atoms with E-state index in [2.05, 4.69) is 6.58 Å². The molecule has 0 aliphatic carbocycles. The van der Waals surface area contributed by atoms with Crippen LogP contribution in [0.2, 0.25) is 0 Å². The molecule has 0 N–H and O–H groups in total. The van der Waals surface area contributed by atoms with E-state index in [0.29, 0.717) is 12.8 Å². The summed E-state index contributed by atoms with van der Waals surface area (Å²) >= 11 is 0. The predicted octanol–water partition coefficient (Wildman–Crippen LogP) is 2.62. The Morgan fingerprint density at radius 2 is 1.71 bits per heavy atom. The summed E-state index contributed by atoms with van der Waals surface area (Å²) in [6, 6.07) is 0. The van der Waals surface area contributed by atoms with Crippen LogP contribution >= 0.6 is 0 Å². The third-order valence-corrected chi connectivity index (χ3v) is 2.21. The highest BCUT2D eigenvalue weighted by molar-refractivity contribution is 5.70. The van der Waals surface area contributed by atoms with Crippen LogP contribution in [0.4, 0.5) is 0 Å². The molecule has 0 saturated heterocycles. The Morgan fingerprint density at radius 3 is 2.18 bits per heavy atom. The molecule has 0 aliphatic rings. The normalized spacial score (nSPS) is 13.6. The molecule has 98 valence electrons. The molecule has 4 heteroatoms. The molecule has 0 radical (unpaired) electrons. The summed E-state index contributed by atoms with van der Waals surface area (Å²) in [6.07, 6.45) is 3.67. The van der Waals surface area contributed by atoms with E-state index >= 15 is 0 Å². The van der Waals surface area contributed by atoms with Gasteiger partial charge in [0.05, 0.1) is 0 Å². The molecule has 0 aliphatic heterocycles. The number of rotatable bonds is 8. The van der Waals surface area contributed by atoms with Gasteiger partial charge in [-0.2, -0.15) is 0 Å². The number of carbonyl (C=O) groups is 2. The van der Waals surface area contributed by atoms with Crippen LogP contribution in [0.5, 0.6) is 0 Å². The molecule has 0 amide bonds. The van der Waals surface area contributed by atoms with Crippen molar-refractivity contribution in [1.29, 1.82) is 0 Å². The van der Waals surface area contributed by atoms with Gasteiger partial charge in [0.1, 0.15) is 6.61 Å². The van der Waals surface area contributed by atoms with Crippen LogP contribution in [0.15, 0.2) is 12.7 Å². The van der Waals surface area contributed by atoms with Crippen molar-refractivity contribution >= 4 is 11.9 Å². The minimum Gasteiger partial charge on any atom is -0.461 e. The summed E-state index contributed by atoms with van der Waals surface area (Å²) in [5.74, 6) is -0.589. The summed E-state index contributed by atoms with van der Waals surface area (Å²) in [6.45, 7) is 9.09. The third kappa shape index (κ3) is 6.76. The zero-order valence-electron chi connectivity index (χ0n) is 11.0. The smallest absolute Gasteiger partial charge is 0.306 e. The van der Waals surface area contributed by atoms with Gasteiger partial charge in [0.15, 0.2) is 5.60 Å². The lowest BCUT2D eigenvalue weighted by molar-refractivity contribution is -0.165. The molecule has 0 aromatic carbocycles. The van der Waals surface area contributed by atoms with E-state index in [1.807, 2.05) is 13.8 Å². The van der Waals surface area contributed by atoms with Crippen molar-refractivity contribution in [2.45, 2.75) is 52.1 Å². The third-order valence-electron chi connectivity index (χ3n) is 2.21. The second-order valence-corrected chi connectivity index (χ2v) is 4.15. The van der Waals surface area contributed by atoms with Gasteiger partial charge in [0, 0.05) is 12.8 Å². The lowest BCUT2D eigenvalue weighted by Crippen LogP contribution is -2.35. The fourth-order valence-corrected chi connectivity index (χ4v) is 1.15. The molecular formula is C13H22O4. The molecule has 0 aromatic heterocycles. The highest BCUT2D eigenvalue weighted by atomic mass is 16.6. The van der Waals surface area contributed by atoms with Gasteiger partial charge in [0.2, 0.25) is 0 Å². The van der Waals surface area contributed by atoms with Crippen LogP contribution in [0.1, 0.15) is 46.5 Å². The van der Waals surface area contributed by atoms with E-state index < -0.39 is 5.60 Å². The fraction of sp³-hybridized carbons (Fsp3) is 0.692. The number of esters is 2. The number of ether oxygens (including phenoxy) is 2. The molecule has 0 spiro atoms. The van der Waals surface area contributed by atoms with Crippen molar-refractivity contribution in [2.24, 2.45) is 0 Å². The zero-order valence-corrected chi connectivity index (χ0v) is 11.0. The van der Waals surface area contributed by atoms with E-state index in [-0.39, 0.29) is 18.5 Å². The van der Waals surface area contributed by atoms with Crippen molar-refractivity contribution in [2.75, 3.05) is 6.61 Å². The first kappa shape index (κ1) is 15.7. The van der Waals surface area contributed by atoms with E-state index in [0.717, 1.165) is 12.8 Å². The van der Waals surface area contributed by atoms with Crippen LogP contribution < -0.4 is 0 Å². The summed E-state index contributed by atoms with van der Waals surface area (Å²) < 4.78 is 10.3. The maximum Gasteiger partial charge on any atom is 0.306 e. The van der Waals surface area contributed by atoms with Crippen LogP contribution in [0.3, 0.4) is 0 Å². The molecule has 0 saturated carbocycles. The van der Waals surface area contributed by atoms with Crippen LogP contribution in [-0.4, -0.2) is 24.1 Å². The highest BCUT2D eigenvalue weighted by Gasteiger charge is 2.26. The summed E-state index contributed by atoms with van der Waals surface area (Å²) in [5.41, 5.74) is -0.935. The van der Waals surface area contributed by atoms with Crippen molar-refractivity contribution in [3.8, 4) is 0 Å². The standard InChI is InChI=1S/C13H22O4/c1-5-8-11(14)16-10-13(4,7-3)17-12(15)9-6-2/h7H,3,5-6,8-10H2,1-2,4H3. The monoisotopic (exact) mass is 242 g/mol. The van der Waals surface area contributed by atoms with Crippen molar-refractivity contribution < 1.29 is 19.1 Å². The van der Waals surface area contributed by atoms with Crippen LogP contribution in [0, 0.1) is 0 Å². The summed E-state index contributed by atoms with van der Waals surface area (Å²) in [4.78, 5) is 22.6. The van der Waals surface area contributed by atoms with E-state index in [1.54, 1.807) is 6.92 Å². The van der Waals surface area contributed by atoms with Crippen LogP contribution in [0.25, 0.3) is 0 Å². The number of hydrogen-bond donors (Lipinski definition) is 0. The lowest BCUT2D eigenvalue weighted by Gasteiger charge is -2.25. The van der Waals surface area contributed by atoms with Gasteiger partial charge in [-0.3, -0.25) is 9.59 Å². The molecule has 0 bridgehead atoms. The number of hydrogen-bond acceptors (Lipinski definition) is 4. The van der Waals surface area contributed by atoms with Gasteiger partial charge in [-0.05, 0) is 25.8 Å². The van der Waals surface area contributed by atoms with E-state index in [1.165, 1.54) is 6.08 Å². The van der Waals surface area contributed by atoms with Crippen LogP contribution in [-0.2, 0) is 19.1 Å². The van der Waals surface area contributed by atoms with Gasteiger partial charge in [-0.25, -0.2) is 0 Å². The Bertz CT molecular complexity index is 273. The number of carbonyl (C=O) groups excluding carboxylic acids is 2. The Morgan fingerprint density at radius 1 is 1.18 bits per heavy atom. The SMILES string of the molecule is C=CC(C)(COC(=O)CCC)OC(=O)CCC. The quantitative estimate of drug-likeness (QED) is 0.485. The fourth-order valence-electron chi connectivity index (χ4n) is 1.15. The maximum atomic E-state index is 11.4. The van der Waals surface area contributed by atoms with E-state index in [9.17, 15) is 9.59 Å². The molecular weight excluding hydrogens is 220 g/mol. The second-order valence-electron chi connectivity index (χ2n) is 4.15. The first-order valence-corrected chi connectivity index (χ1v) is 5.98. The Kier molecular flexibility index (Phi) is 7.26. The molecule has 17 heavy (non-hydrogen) atoms. The average molecular weight is 242 g/mol.